The lowest BCUT2D eigenvalue weighted by molar-refractivity contribution is -0.122. The van der Waals surface area contributed by atoms with Crippen molar-refractivity contribution in [1.29, 1.82) is 0 Å². The van der Waals surface area contributed by atoms with E-state index in [-0.39, 0.29) is 11.7 Å². The van der Waals surface area contributed by atoms with E-state index in [0.29, 0.717) is 16.7 Å². The second-order valence-electron chi connectivity index (χ2n) is 10.6. The van der Waals surface area contributed by atoms with Crippen LogP contribution in [0.15, 0.2) is 27.6 Å². The molecule has 0 spiro atoms. The van der Waals surface area contributed by atoms with Gasteiger partial charge in [-0.1, -0.05) is 13.8 Å². The second-order valence-corrected chi connectivity index (χ2v) is 10.6. The van der Waals surface area contributed by atoms with Gasteiger partial charge in [-0.2, -0.15) is 0 Å². The molecule has 0 saturated heterocycles. The molecule has 4 saturated carbocycles. The van der Waals surface area contributed by atoms with Gasteiger partial charge >= 0.3 is 5.63 Å². The molecular weight excluding hydrogens is 336 g/mol. The summed E-state index contributed by atoms with van der Waals surface area (Å²) < 4.78 is 4.99. The summed E-state index contributed by atoms with van der Waals surface area (Å²) in [5, 5.41) is 10.2. The van der Waals surface area contributed by atoms with Gasteiger partial charge in [0.1, 0.15) is 0 Å². The third-order valence-corrected chi connectivity index (χ3v) is 9.77. The molecule has 8 atom stereocenters. The first-order valence-corrected chi connectivity index (χ1v) is 11.2. The molecule has 4 unspecified atom stereocenters. The van der Waals surface area contributed by atoms with E-state index >= 15 is 0 Å². The maximum atomic E-state index is 11.8. The van der Waals surface area contributed by atoms with Crippen LogP contribution in [0.25, 0.3) is 0 Å². The van der Waals surface area contributed by atoms with E-state index in [1.54, 1.807) is 12.3 Å². The maximum absolute atomic E-state index is 11.8. The lowest BCUT2D eigenvalue weighted by Crippen LogP contribution is -2.53. The highest BCUT2D eigenvalue weighted by Crippen LogP contribution is 2.68. The standard InChI is InChI=1S/C24H34O3/c1-23-10-7-17(25)14-16(23)3-4-18-20-6-5-19(15-9-12-27-22(26)13-15)24(20,2)11-8-21(18)23/h9,12-13,16-21,25H,3-8,10-11,14H2,1-2H3/t16-,17+,18?,19?,20?,21?,23+,24-/m1/s1. The molecule has 3 heteroatoms. The summed E-state index contributed by atoms with van der Waals surface area (Å²) in [6.45, 7) is 5.07. The summed E-state index contributed by atoms with van der Waals surface area (Å²) in [7, 11) is 0. The Hall–Kier alpha value is -1.09. The van der Waals surface area contributed by atoms with Crippen molar-refractivity contribution in [3.63, 3.8) is 0 Å². The molecule has 148 valence electrons. The first kappa shape index (κ1) is 18.0. The molecule has 0 bridgehead atoms. The molecular formula is C24H34O3. The van der Waals surface area contributed by atoms with Gasteiger partial charge in [-0.15, -0.1) is 0 Å². The van der Waals surface area contributed by atoms with Crippen molar-refractivity contribution in [2.45, 2.75) is 83.7 Å². The van der Waals surface area contributed by atoms with Crippen LogP contribution in [0.4, 0.5) is 0 Å². The van der Waals surface area contributed by atoms with Crippen LogP contribution in [0.3, 0.4) is 0 Å². The largest absolute Gasteiger partial charge is 0.431 e. The molecule has 5 rings (SSSR count). The van der Waals surface area contributed by atoms with Crippen molar-refractivity contribution in [3.05, 3.63) is 34.4 Å². The Balaban J connectivity index is 1.44. The van der Waals surface area contributed by atoms with Gasteiger partial charge < -0.3 is 9.52 Å². The number of rotatable bonds is 1. The first-order chi connectivity index (χ1) is 12.9. The zero-order valence-electron chi connectivity index (χ0n) is 16.8. The van der Waals surface area contributed by atoms with E-state index in [1.807, 2.05) is 6.07 Å². The third-order valence-electron chi connectivity index (χ3n) is 9.77. The van der Waals surface area contributed by atoms with Gasteiger partial charge in [0.25, 0.3) is 0 Å². The molecule has 4 aliphatic rings. The molecule has 0 aromatic carbocycles. The van der Waals surface area contributed by atoms with Gasteiger partial charge in [0, 0.05) is 6.07 Å². The van der Waals surface area contributed by atoms with Crippen LogP contribution in [0.5, 0.6) is 0 Å². The highest BCUT2D eigenvalue weighted by atomic mass is 16.4. The molecule has 3 nitrogen and oxygen atoms in total. The van der Waals surface area contributed by atoms with E-state index in [9.17, 15) is 9.90 Å². The van der Waals surface area contributed by atoms with Gasteiger partial charge in [-0.3, -0.25) is 0 Å². The lowest BCUT2D eigenvalue weighted by atomic mass is 9.44. The van der Waals surface area contributed by atoms with E-state index in [4.69, 9.17) is 4.42 Å². The van der Waals surface area contributed by atoms with Crippen molar-refractivity contribution in [1.82, 2.24) is 0 Å². The van der Waals surface area contributed by atoms with Gasteiger partial charge in [0.2, 0.25) is 0 Å². The van der Waals surface area contributed by atoms with Crippen molar-refractivity contribution in [3.8, 4) is 0 Å². The molecule has 0 aliphatic heterocycles. The van der Waals surface area contributed by atoms with E-state index < -0.39 is 0 Å². The first-order valence-electron chi connectivity index (χ1n) is 11.2. The molecule has 1 aromatic heterocycles. The molecule has 4 fully saturated rings. The number of hydrogen-bond acceptors (Lipinski definition) is 3. The smallest absolute Gasteiger partial charge is 0.335 e. The zero-order chi connectivity index (χ0) is 18.8. The Morgan fingerprint density at radius 1 is 1.00 bits per heavy atom. The van der Waals surface area contributed by atoms with Crippen molar-refractivity contribution < 1.29 is 9.52 Å². The normalized spacial score (nSPS) is 49.1. The summed E-state index contributed by atoms with van der Waals surface area (Å²) in [5.74, 6) is 3.69. The van der Waals surface area contributed by atoms with Crippen molar-refractivity contribution >= 4 is 0 Å². The van der Waals surface area contributed by atoms with Crippen LogP contribution in [0.2, 0.25) is 0 Å². The van der Waals surface area contributed by atoms with Crippen LogP contribution in [-0.2, 0) is 0 Å². The van der Waals surface area contributed by atoms with E-state index in [1.165, 1.54) is 50.5 Å². The topological polar surface area (TPSA) is 50.4 Å². The summed E-state index contributed by atoms with van der Waals surface area (Å²) in [5.41, 5.74) is 1.76. The average Bonchev–Trinajstić information content (AvgIpc) is 2.99. The summed E-state index contributed by atoms with van der Waals surface area (Å²) in [4.78, 5) is 11.8. The maximum Gasteiger partial charge on any atom is 0.335 e. The van der Waals surface area contributed by atoms with Crippen LogP contribution in [-0.4, -0.2) is 11.2 Å². The number of aliphatic hydroxyl groups is 1. The average molecular weight is 371 g/mol. The molecule has 4 aliphatic carbocycles. The minimum Gasteiger partial charge on any atom is -0.431 e. The molecule has 1 aromatic rings. The zero-order valence-corrected chi connectivity index (χ0v) is 16.8. The monoisotopic (exact) mass is 370 g/mol. The molecule has 0 amide bonds. The quantitative estimate of drug-likeness (QED) is 0.746. The fraction of sp³-hybridized carbons (Fsp3) is 0.792. The SMILES string of the molecule is C[C@]12CCC3C(CC[C@@H]4C[C@@H](O)CC[C@]34C)C1CCC2c1ccoc(=O)c1. The van der Waals surface area contributed by atoms with Gasteiger partial charge in [-0.05, 0) is 110 Å². The summed E-state index contributed by atoms with van der Waals surface area (Å²) in [6, 6.07) is 3.78. The van der Waals surface area contributed by atoms with Gasteiger partial charge in [-0.25, -0.2) is 4.79 Å². The Morgan fingerprint density at radius 3 is 2.59 bits per heavy atom. The molecule has 0 radical (unpaired) electrons. The van der Waals surface area contributed by atoms with E-state index in [2.05, 4.69) is 13.8 Å². The fourth-order valence-corrected chi connectivity index (χ4v) is 8.40. The number of fused-ring (bicyclic) bond motifs is 5. The minimum absolute atomic E-state index is 0.0610. The number of aliphatic hydroxyl groups excluding tert-OH is 1. The predicted molar refractivity (Wildman–Crippen MR) is 105 cm³/mol. The molecule has 27 heavy (non-hydrogen) atoms. The Labute approximate surface area is 162 Å². The Kier molecular flexibility index (Phi) is 4.13. The fourth-order valence-electron chi connectivity index (χ4n) is 8.40. The van der Waals surface area contributed by atoms with Crippen LogP contribution >= 0.6 is 0 Å². The Bertz CT molecular complexity index is 769. The summed E-state index contributed by atoms with van der Waals surface area (Å²) in [6.07, 6.45) is 12.6. The number of hydrogen-bond donors (Lipinski definition) is 1. The molecule has 1 heterocycles. The van der Waals surface area contributed by atoms with Crippen LogP contribution in [0, 0.1) is 34.5 Å². The van der Waals surface area contributed by atoms with E-state index in [0.717, 1.165) is 36.5 Å². The minimum atomic E-state index is -0.206. The van der Waals surface area contributed by atoms with Crippen LogP contribution in [0.1, 0.15) is 83.1 Å². The third kappa shape index (κ3) is 2.60. The second kappa shape index (κ2) is 6.20. The summed E-state index contributed by atoms with van der Waals surface area (Å²) >= 11 is 0. The van der Waals surface area contributed by atoms with Crippen LogP contribution < -0.4 is 5.63 Å². The Morgan fingerprint density at radius 2 is 1.78 bits per heavy atom. The van der Waals surface area contributed by atoms with Crippen molar-refractivity contribution in [2.75, 3.05) is 0 Å². The molecule has 1 N–H and O–H groups in total. The lowest BCUT2D eigenvalue weighted by Gasteiger charge is -2.61. The predicted octanol–water partition coefficient (Wildman–Crippen LogP) is 5.13. The highest BCUT2D eigenvalue weighted by molar-refractivity contribution is 5.23. The van der Waals surface area contributed by atoms with Gasteiger partial charge in [0.15, 0.2) is 0 Å². The van der Waals surface area contributed by atoms with Crippen molar-refractivity contribution in [2.24, 2.45) is 34.5 Å². The van der Waals surface area contributed by atoms with Gasteiger partial charge in [0.05, 0.1) is 12.4 Å². The highest BCUT2D eigenvalue weighted by Gasteiger charge is 2.60.